The van der Waals surface area contributed by atoms with E-state index in [4.69, 9.17) is 28.4 Å². The van der Waals surface area contributed by atoms with E-state index in [-0.39, 0.29) is 79.7 Å². The van der Waals surface area contributed by atoms with E-state index < -0.39 is 129 Å². The summed E-state index contributed by atoms with van der Waals surface area (Å²) in [6.07, 6.45) is -11.1. The molecule has 25 nitrogen and oxygen atoms in total. The zero-order chi connectivity index (χ0) is 88.6. The molecule has 9 aliphatic rings. The maximum Gasteiger partial charge on any atom is 0.416 e. The van der Waals surface area contributed by atoms with Crippen LogP contribution in [0.25, 0.3) is 0 Å². The molecule has 124 heavy (non-hydrogen) atoms. The van der Waals surface area contributed by atoms with Crippen molar-refractivity contribution in [1.29, 1.82) is 0 Å². The van der Waals surface area contributed by atoms with Crippen LogP contribution in [-0.2, 0) is 66.5 Å². The number of aromatic nitrogens is 3. The van der Waals surface area contributed by atoms with E-state index in [1.165, 1.54) is 95.9 Å². The van der Waals surface area contributed by atoms with Gasteiger partial charge in [-0.25, -0.2) is 0 Å². The first kappa shape index (κ1) is 87.8. The fourth-order valence-electron chi connectivity index (χ4n) is 20.0. The molecule has 3 aliphatic carbocycles. The summed E-state index contributed by atoms with van der Waals surface area (Å²) in [7, 11) is 10.1. The number of methoxy groups -OCH3 is 3. The van der Waals surface area contributed by atoms with Crippen LogP contribution in [0, 0.1) is 17.8 Å². The number of ether oxygens (including phenoxy) is 6. The van der Waals surface area contributed by atoms with Crippen molar-refractivity contribution in [2.75, 3.05) is 121 Å². The van der Waals surface area contributed by atoms with Gasteiger partial charge in [-0.05, 0) is 90.9 Å². The molecule has 0 bridgehead atoms. The van der Waals surface area contributed by atoms with Crippen molar-refractivity contribution >= 4 is 17.8 Å². The molecule has 8 N–H and O–H groups in total. The highest BCUT2D eigenvalue weighted by molar-refractivity contribution is 5.85. The van der Waals surface area contributed by atoms with Gasteiger partial charge in [0.05, 0.1) is 110 Å². The second kappa shape index (κ2) is 33.5. The molecule has 18 rings (SSSR count). The molecule has 6 aliphatic heterocycles. The topological polar surface area (TPSA) is 315 Å². The van der Waals surface area contributed by atoms with Crippen LogP contribution in [0.15, 0.2) is 201 Å². The van der Waals surface area contributed by atoms with Gasteiger partial charge in [0.1, 0.15) is 52.8 Å². The highest BCUT2D eigenvalue weighted by atomic mass is 19.4. The van der Waals surface area contributed by atoms with Gasteiger partial charge in [-0.15, -0.1) is 0 Å². The number of aliphatic carboxylic acids is 1. The number of alkyl halides is 9. The van der Waals surface area contributed by atoms with Crippen LogP contribution in [0.2, 0.25) is 0 Å². The first-order valence-corrected chi connectivity index (χ1v) is 40.1. The van der Waals surface area contributed by atoms with Gasteiger partial charge < -0.3 is 94.0 Å². The number of hydrogen-bond acceptors (Lipinski definition) is 22. The van der Waals surface area contributed by atoms with Gasteiger partial charge in [-0.1, -0.05) is 127 Å². The van der Waals surface area contributed by atoms with E-state index in [1.54, 1.807) is 101 Å². The van der Waals surface area contributed by atoms with Gasteiger partial charge in [0.25, 0.3) is 0 Å². The number of carboxylic acids is 1. The number of amides is 2. The van der Waals surface area contributed by atoms with E-state index in [1.807, 2.05) is 14.1 Å². The highest BCUT2D eigenvalue weighted by Crippen LogP contribution is 2.74. The van der Waals surface area contributed by atoms with E-state index in [0.29, 0.717) is 69.0 Å². The molecule has 9 aromatic rings. The number of fused-ring (bicyclic) bond motifs is 9. The van der Waals surface area contributed by atoms with Gasteiger partial charge in [0.2, 0.25) is 11.8 Å². The minimum Gasteiger partial charge on any atom is -0.495 e. The second-order valence-corrected chi connectivity index (χ2v) is 32.4. The van der Waals surface area contributed by atoms with Crippen molar-refractivity contribution in [3.63, 3.8) is 0 Å². The van der Waals surface area contributed by atoms with Crippen LogP contribution in [0.4, 0.5) is 39.5 Å². The van der Waals surface area contributed by atoms with E-state index >= 15 is 0 Å². The summed E-state index contributed by atoms with van der Waals surface area (Å²) in [4.78, 5) is 63.2. The third-order valence-electron chi connectivity index (χ3n) is 25.9. The number of likely N-dealkylation sites (N-methyl/N-ethyl adjacent to an activating group) is 3. The van der Waals surface area contributed by atoms with Crippen molar-refractivity contribution < 1.29 is 118 Å². The van der Waals surface area contributed by atoms with Crippen LogP contribution in [0.3, 0.4) is 0 Å². The minimum absolute atomic E-state index is 0.0212. The minimum atomic E-state index is -4.61. The average molecular weight is 1730 g/mol. The van der Waals surface area contributed by atoms with Crippen LogP contribution < -0.4 is 33.7 Å². The Morgan fingerprint density at radius 1 is 0.387 bits per heavy atom. The predicted molar refractivity (Wildman–Crippen MR) is 428 cm³/mol. The van der Waals surface area contributed by atoms with Gasteiger partial charge in [0, 0.05) is 96.3 Å². The predicted octanol–water partition coefficient (Wildman–Crippen LogP) is 9.23. The third kappa shape index (κ3) is 14.2. The van der Waals surface area contributed by atoms with E-state index in [0.717, 1.165) is 61.6 Å². The van der Waals surface area contributed by atoms with Gasteiger partial charge in [0.15, 0.2) is 33.6 Å². The lowest BCUT2D eigenvalue weighted by molar-refractivity contribution is -0.159. The Hall–Kier alpha value is -11.1. The molecule has 6 aromatic carbocycles. The Morgan fingerprint density at radius 2 is 0.645 bits per heavy atom. The zero-order valence-electron chi connectivity index (χ0n) is 68.0. The van der Waals surface area contributed by atoms with Crippen LogP contribution >= 0.6 is 0 Å². The lowest BCUT2D eigenvalue weighted by atomic mass is 9.70. The molecule has 3 aromatic heterocycles. The number of hydrogen-bond donors (Lipinski definition) is 8. The Morgan fingerprint density at radius 3 is 0.887 bits per heavy atom. The fourth-order valence-corrected chi connectivity index (χ4v) is 20.0. The summed E-state index contributed by atoms with van der Waals surface area (Å²) in [5, 5.41) is 87.0. The van der Waals surface area contributed by atoms with Gasteiger partial charge in [-0.2, -0.15) is 39.5 Å². The Bertz CT molecular complexity index is 5130. The Kier molecular flexibility index (Phi) is 23.7. The first-order chi connectivity index (χ1) is 59.0. The maximum atomic E-state index is 14.3. The van der Waals surface area contributed by atoms with Crippen molar-refractivity contribution in [1.82, 2.24) is 44.8 Å². The summed E-state index contributed by atoms with van der Waals surface area (Å²) < 4.78 is 157. The number of carboxylic acid groups (broad SMARTS) is 1. The second-order valence-electron chi connectivity index (χ2n) is 32.4. The SMILES string of the molecule is CN1CCNCC1.COc1cncc2c1[C@]1(O)[C@H](O)[C@H](C(=O)N3CCN(C)CC3)[C@@H](c3ccccc3)[C@]1(c1ccc(C(F)(F)F)cc1)O2.COc1cncc2c1[C@]1(O)[C@H](O)[C@H](C(=O)N3CCN(C)CC3)[C@@H](c3ccccc3)[C@]1(c1ccc(C(F)(F)F)cc1)O2.COc1cncc2c1[C@]1(O)[C@H](O)[C@H](C(=O)O)[C@@H](c3ccccc3)[C@]1(c1ccc(C(F)(F)F)cc1)O2. The fraction of sp³-hybridized carbons (Fsp3) is 0.400. The normalized spacial score (nSPS) is 29.2. The summed E-state index contributed by atoms with van der Waals surface area (Å²) >= 11 is 0. The Balaban J connectivity index is 0.000000139. The zero-order valence-corrected chi connectivity index (χ0v) is 68.0. The number of nitrogens with one attached hydrogen (secondary N) is 1. The average Bonchev–Trinajstić information content (AvgIpc) is 1.50. The molecule has 656 valence electrons. The van der Waals surface area contributed by atoms with Crippen LogP contribution in [-0.4, -0.2) is 232 Å². The number of carbonyl (C=O) groups is 3. The molecule has 0 radical (unpaired) electrons. The molecule has 3 saturated carbocycles. The summed E-state index contributed by atoms with van der Waals surface area (Å²) in [6, 6.07) is 38.5. The number of nitrogens with zero attached hydrogens (tertiary/aromatic N) is 8. The van der Waals surface area contributed by atoms with Crippen LogP contribution in [0.5, 0.6) is 34.5 Å². The molecule has 2 amide bonds. The number of benzene rings is 6. The Labute approximate surface area is 706 Å². The molecule has 3 saturated heterocycles. The van der Waals surface area contributed by atoms with Crippen molar-refractivity contribution in [3.8, 4) is 34.5 Å². The largest absolute Gasteiger partial charge is 0.495 e. The molecule has 0 unspecified atom stereocenters. The quantitative estimate of drug-likeness (QED) is 0.0528. The lowest BCUT2D eigenvalue weighted by Crippen LogP contribution is -2.52. The third-order valence-corrected chi connectivity index (χ3v) is 25.9. The number of piperazine rings is 3. The molecule has 9 heterocycles. The number of pyridine rings is 3. The van der Waals surface area contributed by atoms with Gasteiger partial charge >= 0.3 is 24.5 Å². The molecule has 0 spiro atoms. The van der Waals surface area contributed by atoms with E-state index in [9.17, 15) is 89.6 Å². The van der Waals surface area contributed by atoms with Crippen molar-refractivity contribution in [3.05, 3.63) is 268 Å². The molecular formula is C90H92F9N9O16. The number of aliphatic hydroxyl groups is 6. The van der Waals surface area contributed by atoms with E-state index in [2.05, 4.69) is 42.0 Å². The molecule has 15 atom stereocenters. The highest BCUT2D eigenvalue weighted by Gasteiger charge is 2.82. The summed E-state index contributed by atoms with van der Waals surface area (Å²) in [5.41, 5.74) is -13.3. The number of aliphatic hydroxyl groups excluding tert-OH is 3. The first-order valence-electron chi connectivity index (χ1n) is 40.1. The monoisotopic (exact) mass is 1730 g/mol. The number of rotatable bonds is 12. The molecule has 6 fully saturated rings. The van der Waals surface area contributed by atoms with Crippen LogP contribution in [0.1, 0.15) is 84.5 Å². The summed E-state index contributed by atoms with van der Waals surface area (Å²) in [5.74, 6) is -8.77. The van der Waals surface area contributed by atoms with Crippen molar-refractivity contribution in [2.24, 2.45) is 17.8 Å². The number of carbonyl (C=O) groups excluding carboxylic acids is 2. The van der Waals surface area contributed by atoms with Crippen molar-refractivity contribution in [2.45, 2.75) is 88.2 Å². The standard InChI is InChI=1S/2C30H30F3N3O5.C25H20F3NO6.C5H12N2/c2*1-35-12-14-36(15-13-35)27(38)23-24(18-6-4-3-5-7-18)29(19-8-10-20(11-9-19)30(31,32)33)28(39,26(23)37)25-21(40-2)16-34-17-22(25)41-29;1-34-16-11-29-12-17-20(16)23(33)21(30)18(22(31)32)19(13-5-3-2-4-6-13)24(23,35-17)14-7-9-15(10-8-14)25(26,27)28;1-7-4-2-6-3-5-7/h2*3-11,16-17,23-24,26,37,39H,12-15H2,1-2H3;2-12,18-19,21,30,33H,1H3,(H,31,32);6H,2-5H2,1H3/t2*23-,24-,26-,28+,29+;18-,19-,21-,23+,24+;/m111./s1. The number of halogens is 9. The molecular weight excluding hydrogens is 1630 g/mol. The maximum absolute atomic E-state index is 14.3. The van der Waals surface area contributed by atoms with Gasteiger partial charge in [-0.3, -0.25) is 29.3 Å². The summed E-state index contributed by atoms with van der Waals surface area (Å²) in [6.45, 7) is 9.00. The lowest BCUT2D eigenvalue weighted by Gasteiger charge is -2.41. The smallest absolute Gasteiger partial charge is 0.416 e. The molecule has 34 heteroatoms.